The van der Waals surface area contributed by atoms with E-state index in [4.69, 9.17) is 15.1 Å². The normalized spacial score (nSPS) is 18.4. The molecule has 1 aromatic heterocycles. The molecule has 0 aliphatic carbocycles. The molecule has 0 fully saturated rings. The quantitative estimate of drug-likeness (QED) is 0.590. The molecule has 0 aliphatic rings. The number of benzene rings is 2. The fourth-order valence-electron chi connectivity index (χ4n) is 1.88. The number of pyridine rings is 1. The molecule has 0 N–H and O–H groups in total. The summed E-state index contributed by atoms with van der Waals surface area (Å²) in [5, 5.41) is 0. The summed E-state index contributed by atoms with van der Waals surface area (Å²) < 4.78 is 89.4. The molecule has 0 atom stereocenters. The van der Waals surface area contributed by atoms with Gasteiger partial charge in [-0.2, -0.15) is 0 Å². The van der Waals surface area contributed by atoms with Crippen LogP contribution in [0.5, 0.6) is 0 Å². The van der Waals surface area contributed by atoms with Crippen molar-refractivity contribution < 1.29 is 15.1 Å². The molecule has 0 amide bonds. The molecule has 0 saturated heterocycles. The minimum absolute atomic E-state index is 0.0465. The number of nitrogens with zero attached hydrogens (tertiary/aromatic N) is 1. The average molecular weight is 298 g/mol. The highest BCUT2D eigenvalue weighted by Crippen LogP contribution is 2.30. The van der Waals surface area contributed by atoms with Crippen molar-refractivity contribution >= 4 is 0 Å². The third-order valence-corrected chi connectivity index (χ3v) is 3.07. The van der Waals surface area contributed by atoms with Gasteiger partial charge in [-0.05, 0) is 23.1 Å². The fourth-order valence-corrected chi connectivity index (χ4v) is 1.88. The van der Waals surface area contributed by atoms with Crippen LogP contribution in [0, 0.1) is 0 Å². The van der Waals surface area contributed by atoms with Gasteiger partial charge in [0.1, 0.15) is 0 Å². The summed E-state index contributed by atoms with van der Waals surface area (Å²) in [6.45, 7) is 5.41. The highest BCUT2D eigenvalue weighted by Gasteiger charge is 2.17. The van der Waals surface area contributed by atoms with Crippen LogP contribution in [0.3, 0.4) is 0 Å². The predicted molar refractivity (Wildman–Crippen MR) is 93.8 cm³/mol. The van der Waals surface area contributed by atoms with Crippen LogP contribution in [-0.2, 0) is 5.41 Å². The molecule has 0 bridgehead atoms. The molecular weight excluding hydrogens is 266 g/mol. The lowest BCUT2D eigenvalue weighted by atomic mass is 9.85. The van der Waals surface area contributed by atoms with Gasteiger partial charge in [0, 0.05) is 11.1 Å². The van der Waals surface area contributed by atoms with E-state index in [9.17, 15) is 0 Å². The molecular formula is C21H21N. The fraction of sp³-hybridized carbons (Fsp3) is 0.190. The van der Waals surface area contributed by atoms with Crippen LogP contribution in [-0.4, -0.2) is 4.98 Å². The summed E-state index contributed by atoms with van der Waals surface area (Å²) in [6, 6.07) is -4.20. The van der Waals surface area contributed by atoms with Gasteiger partial charge in [-0.25, -0.2) is 4.98 Å². The van der Waals surface area contributed by atoms with E-state index in [0.29, 0.717) is 5.56 Å². The standard InChI is InChI=1S/C21H21N/c1-21(2,3)18-14-19(16-10-6-4-7-11-16)22-20(15-18)17-12-8-5-9-13-17/h4-15H,1-3H3/i4D,5D,6D,7D,8D,9D,10D,11D,12D,13D,14D. The second-order valence-electron chi connectivity index (χ2n) is 5.78. The molecule has 1 nitrogen and oxygen atoms in total. The van der Waals surface area contributed by atoms with Crippen molar-refractivity contribution in [2.24, 2.45) is 0 Å². The number of rotatable bonds is 2. The maximum atomic E-state index is 8.72. The number of aromatic nitrogens is 1. The minimum Gasteiger partial charge on any atom is -0.248 e. The third-order valence-electron chi connectivity index (χ3n) is 3.07. The summed E-state index contributed by atoms with van der Waals surface area (Å²) in [5.41, 5.74) is -1.03. The van der Waals surface area contributed by atoms with Crippen molar-refractivity contribution in [3.8, 4) is 22.5 Å². The Balaban J connectivity index is 2.54. The van der Waals surface area contributed by atoms with E-state index >= 15 is 0 Å². The van der Waals surface area contributed by atoms with Crippen LogP contribution in [0.4, 0.5) is 0 Å². The van der Waals surface area contributed by atoms with Crippen LogP contribution in [0.25, 0.3) is 22.5 Å². The Kier molecular flexibility index (Phi) is 1.67. The molecule has 1 heteroatoms. The zero-order valence-electron chi connectivity index (χ0n) is 23.5. The van der Waals surface area contributed by atoms with E-state index in [1.54, 1.807) is 20.8 Å². The second kappa shape index (κ2) is 5.76. The van der Waals surface area contributed by atoms with E-state index in [1.165, 1.54) is 6.07 Å². The Morgan fingerprint density at radius 2 is 1.27 bits per heavy atom. The van der Waals surface area contributed by atoms with Gasteiger partial charge in [0.2, 0.25) is 0 Å². The zero-order valence-corrected chi connectivity index (χ0v) is 12.5. The molecule has 1 heterocycles. The summed E-state index contributed by atoms with van der Waals surface area (Å²) in [7, 11) is 0. The average Bonchev–Trinajstić information content (AvgIpc) is 2.74. The van der Waals surface area contributed by atoms with Crippen molar-refractivity contribution in [1.29, 1.82) is 0 Å². The van der Waals surface area contributed by atoms with Gasteiger partial charge in [-0.1, -0.05) is 81.2 Å². The predicted octanol–water partition coefficient (Wildman–Crippen LogP) is 5.71. The van der Waals surface area contributed by atoms with Crippen molar-refractivity contribution in [3.63, 3.8) is 0 Å². The summed E-state index contributed by atoms with van der Waals surface area (Å²) in [4.78, 5) is 4.33. The molecule has 0 aliphatic heterocycles. The molecule has 0 radical (unpaired) electrons. The van der Waals surface area contributed by atoms with Crippen LogP contribution >= 0.6 is 0 Å². The lowest BCUT2D eigenvalue weighted by molar-refractivity contribution is 0.590. The van der Waals surface area contributed by atoms with Gasteiger partial charge in [-0.3, -0.25) is 0 Å². The van der Waals surface area contributed by atoms with E-state index in [-0.39, 0.29) is 28.6 Å². The van der Waals surface area contributed by atoms with E-state index in [0.717, 1.165) is 0 Å². The van der Waals surface area contributed by atoms with Crippen LogP contribution in [0.2, 0.25) is 0 Å². The van der Waals surface area contributed by atoms with Gasteiger partial charge < -0.3 is 0 Å². The van der Waals surface area contributed by atoms with Gasteiger partial charge >= 0.3 is 0 Å². The first-order chi connectivity index (χ1) is 15.1. The highest BCUT2D eigenvalue weighted by molar-refractivity contribution is 5.67. The topological polar surface area (TPSA) is 12.9 Å². The Morgan fingerprint density at radius 1 is 0.773 bits per heavy atom. The lowest BCUT2D eigenvalue weighted by Gasteiger charge is -2.21. The monoisotopic (exact) mass is 298 g/mol. The Labute approximate surface area is 148 Å². The molecule has 0 unspecified atom stereocenters. The Bertz CT molecular complexity index is 1250. The molecule has 3 rings (SSSR count). The zero-order chi connectivity index (χ0) is 25.2. The Morgan fingerprint density at radius 3 is 1.77 bits per heavy atom. The smallest absolute Gasteiger partial charge is 0.0712 e. The molecule has 0 saturated carbocycles. The second-order valence-corrected chi connectivity index (χ2v) is 5.78. The highest BCUT2D eigenvalue weighted by atomic mass is 14.7. The first-order valence-electron chi connectivity index (χ1n) is 12.3. The van der Waals surface area contributed by atoms with E-state index in [2.05, 4.69) is 4.98 Å². The van der Waals surface area contributed by atoms with E-state index in [1.807, 2.05) is 0 Å². The third kappa shape index (κ3) is 3.09. The van der Waals surface area contributed by atoms with Crippen LogP contribution in [0.15, 0.2) is 72.5 Å². The number of hydrogen-bond acceptors (Lipinski definition) is 1. The molecule has 22 heavy (non-hydrogen) atoms. The van der Waals surface area contributed by atoms with Crippen LogP contribution in [0.1, 0.15) is 41.4 Å². The molecule has 0 spiro atoms. The Hall–Kier alpha value is -2.41. The van der Waals surface area contributed by atoms with Crippen molar-refractivity contribution in [2.45, 2.75) is 26.2 Å². The van der Waals surface area contributed by atoms with Gasteiger partial charge in [0.15, 0.2) is 0 Å². The lowest BCUT2D eigenvalue weighted by Crippen LogP contribution is -2.12. The van der Waals surface area contributed by atoms with Crippen molar-refractivity contribution in [1.82, 2.24) is 4.98 Å². The maximum absolute atomic E-state index is 8.72. The maximum Gasteiger partial charge on any atom is 0.0712 e. The summed E-state index contributed by atoms with van der Waals surface area (Å²) >= 11 is 0. The first kappa shape index (κ1) is 6.37. The molecule has 2 aromatic carbocycles. The first-order valence-corrected chi connectivity index (χ1v) is 6.77. The summed E-state index contributed by atoms with van der Waals surface area (Å²) in [5.74, 6) is 0. The van der Waals surface area contributed by atoms with Crippen molar-refractivity contribution in [3.05, 3.63) is 78.1 Å². The largest absolute Gasteiger partial charge is 0.248 e. The van der Waals surface area contributed by atoms with Gasteiger partial charge in [0.25, 0.3) is 0 Å². The molecule has 110 valence electrons. The minimum atomic E-state index is -0.663. The summed E-state index contributed by atoms with van der Waals surface area (Å²) in [6.07, 6.45) is 0. The number of hydrogen-bond donors (Lipinski definition) is 0. The van der Waals surface area contributed by atoms with Gasteiger partial charge in [-0.15, -0.1) is 0 Å². The van der Waals surface area contributed by atoms with Crippen molar-refractivity contribution in [2.75, 3.05) is 0 Å². The molecule has 3 aromatic rings. The SMILES string of the molecule is [2H]c1c(C(C)(C)C)cc(-c2c([2H])c([2H])c([2H])c([2H])c2[2H])nc1-c1c([2H])c([2H])c([2H])c([2H])c1[2H]. The van der Waals surface area contributed by atoms with Crippen LogP contribution < -0.4 is 0 Å². The van der Waals surface area contributed by atoms with E-state index < -0.39 is 65.8 Å². The van der Waals surface area contributed by atoms with Gasteiger partial charge in [0.05, 0.1) is 26.5 Å².